The smallest absolute Gasteiger partial charge is 0.256 e. The highest BCUT2D eigenvalue weighted by Crippen LogP contribution is 2.38. The van der Waals surface area contributed by atoms with Crippen LogP contribution in [0.1, 0.15) is 58.3 Å². The normalized spacial score (nSPS) is 20.9. The molecule has 1 aromatic heterocycles. The van der Waals surface area contributed by atoms with Gasteiger partial charge in [0.15, 0.2) is 0 Å². The topological polar surface area (TPSA) is 99.3 Å². The second-order valence-corrected chi connectivity index (χ2v) is 13.0. The molecule has 37 heavy (non-hydrogen) atoms. The summed E-state index contributed by atoms with van der Waals surface area (Å²) in [6.07, 6.45) is 1.45. The van der Waals surface area contributed by atoms with E-state index >= 15 is 0 Å². The van der Waals surface area contributed by atoms with Gasteiger partial charge in [-0.1, -0.05) is 6.92 Å². The van der Waals surface area contributed by atoms with Crippen molar-refractivity contribution >= 4 is 38.2 Å². The van der Waals surface area contributed by atoms with E-state index < -0.39 is 10.0 Å². The van der Waals surface area contributed by atoms with Gasteiger partial charge in [-0.2, -0.15) is 4.31 Å². The molecule has 0 bridgehead atoms. The molecule has 1 fully saturated rings. The number of nitrogens with one attached hydrogen (secondary N) is 1. The molecule has 0 spiro atoms. The van der Waals surface area contributed by atoms with Gasteiger partial charge in [-0.05, 0) is 63.1 Å². The molecule has 0 saturated carbocycles. The van der Waals surface area contributed by atoms with Gasteiger partial charge in [0.25, 0.3) is 11.8 Å². The van der Waals surface area contributed by atoms with Crippen LogP contribution in [0.4, 0.5) is 5.00 Å². The van der Waals surface area contributed by atoms with Crippen molar-refractivity contribution in [3.63, 3.8) is 0 Å². The van der Waals surface area contributed by atoms with Gasteiger partial charge in [0.2, 0.25) is 10.0 Å². The molecule has 2 unspecified atom stereocenters. The molecule has 1 saturated heterocycles. The summed E-state index contributed by atoms with van der Waals surface area (Å²) < 4.78 is 33.4. The number of fused-ring (bicyclic) bond motifs is 1. The fraction of sp³-hybridized carbons (Fsp3) is 0.538. The summed E-state index contributed by atoms with van der Waals surface area (Å²) in [5.41, 5.74) is 1.90. The van der Waals surface area contributed by atoms with Gasteiger partial charge in [0.05, 0.1) is 22.7 Å². The SMILES string of the molecule is CCCN1CCc2c(sc(NC(=O)c3ccc(S(=O)(=O)N4CC(C)OC(C)C4)cc3)c2C(=O)N(C)C)C1. The van der Waals surface area contributed by atoms with Crippen LogP contribution < -0.4 is 5.32 Å². The Morgan fingerprint density at radius 2 is 1.78 bits per heavy atom. The first kappa shape index (κ1) is 27.7. The molecule has 2 aliphatic heterocycles. The lowest BCUT2D eigenvalue weighted by molar-refractivity contribution is -0.0440. The highest BCUT2D eigenvalue weighted by molar-refractivity contribution is 7.89. The molecule has 11 heteroatoms. The highest BCUT2D eigenvalue weighted by atomic mass is 32.2. The lowest BCUT2D eigenvalue weighted by Gasteiger charge is -2.34. The van der Waals surface area contributed by atoms with E-state index in [1.54, 1.807) is 14.1 Å². The quantitative estimate of drug-likeness (QED) is 0.570. The van der Waals surface area contributed by atoms with Crippen LogP contribution in [-0.4, -0.2) is 86.8 Å². The van der Waals surface area contributed by atoms with E-state index in [9.17, 15) is 18.0 Å². The Labute approximate surface area is 223 Å². The van der Waals surface area contributed by atoms with Crippen LogP contribution in [0.2, 0.25) is 0 Å². The van der Waals surface area contributed by atoms with Crippen molar-refractivity contribution in [2.24, 2.45) is 0 Å². The van der Waals surface area contributed by atoms with Gasteiger partial charge < -0.3 is 15.0 Å². The third-order valence-electron chi connectivity index (χ3n) is 6.66. The molecule has 0 radical (unpaired) electrons. The van der Waals surface area contributed by atoms with E-state index in [-0.39, 0.29) is 42.0 Å². The summed E-state index contributed by atoms with van der Waals surface area (Å²) in [4.78, 5) is 31.4. The number of ether oxygens (including phenoxy) is 1. The molecule has 2 aromatic rings. The lowest BCUT2D eigenvalue weighted by Crippen LogP contribution is -2.48. The summed E-state index contributed by atoms with van der Waals surface area (Å²) in [7, 11) is -0.285. The number of hydrogen-bond donors (Lipinski definition) is 1. The number of anilines is 1. The number of carbonyl (C=O) groups excluding carboxylic acids is 2. The number of rotatable bonds is 7. The predicted molar refractivity (Wildman–Crippen MR) is 145 cm³/mol. The Morgan fingerprint density at radius 1 is 1.14 bits per heavy atom. The standard InChI is InChI=1S/C26H36N4O5S2/c1-6-12-29-13-11-21-22(16-29)36-25(23(21)26(32)28(4)5)27-24(31)19-7-9-20(10-8-19)37(33,34)30-14-17(2)35-18(3)15-30/h7-10,17-18H,6,11-16H2,1-5H3,(H,27,31). The molecule has 2 atom stereocenters. The number of nitrogens with zero attached hydrogens (tertiary/aromatic N) is 3. The third kappa shape index (κ3) is 5.91. The fourth-order valence-electron chi connectivity index (χ4n) is 4.93. The monoisotopic (exact) mass is 548 g/mol. The maximum atomic E-state index is 13.2. The summed E-state index contributed by atoms with van der Waals surface area (Å²) in [5.74, 6) is -0.512. The summed E-state index contributed by atoms with van der Waals surface area (Å²) in [6, 6.07) is 5.95. The number of amides is 2. The predicted octanol–water partition coefficient (Wildman–Crippen LogP) is 3.27. The van der Waals surface area contributed by atoms with Crippen LogP contribution in [0.3, 0.4) is 0 Å². The third-order valence-corrected chi connectivity index (χ3v) is 9.64. The molecule has 3 heterocycles. The Bertz CT molecular complexity index is 1250. The molecule has 9 nitrogen and oxygen atoms in total. The zero-order valence-electron chi connectivity index (χ0n) is 22.1. The molecule has 2 aliphatic rings. The molecule has 1 aromatic carbocycles. The molecule has 2 amide bonds. The number of hydrogen-bond acceptors (Lipinski definition) is 7. The first-order valence-corrected chi connectivity index (χ1v) is 14.9. The van der Waals surface area contributed by atoms with Crippen molar-refractivity contribution in [1.29, 1.82) is 0 Å². The van der Waals surface area contributed by atoms with Crippen molar-refractivity contribution in [2.75, 3.05) is 45.6 Å². The maximum Gasteiger partial charge on any atom is 0.256 e. The molecule has 0 aliphatic carbocycles. The van der Waals surface area contributed by atoms with Crippen molar-refractivity contribution in [1.82, 2.24) is 14.1 Å². The highest BCUT2D eigenvalue weighted by Gasteiger charge is 2.33. The zero-order valence-corrected chi connectivity index (χ0v) is 23.7. The van der Waals surface area contributed by atoms with Crippen LogP contribution in [-0.2, 0) is 27.7 Å². The van der Waals surface area contributed by atoms with Crippen molar-refractivity contribution in [3.8, 4) is 0 Å². The van der Waals surface area contributed by atoms with E-state index in [0.717, 1.165) is 42.9 Å². The lowest BCUT2D eigenvalue weighted by atomic mass is 10.0. The first-order chi connectivity index (χ1) is 17.5. The number of benzene rings is 1. The Balaban J connectivity index is 1.55. The minimum absolute atomic E-state index is 0.132. The second kappa shape index (κ2) is 11.2. The summed E-state index contributed by atoms with van der Waals surface area (Å²) in [6.45, 7) is 9.07. The maximum absolute atomic E-state index is 13.2. The van der Waals surface area contributed by atoms with Crippen molar-refractivity contribution in [2.45, 2.75) is 57.3 Å². The van der Waals surface area contributed by atoms with Gasteiger partial charge in [0, 0.05) is 50.7 Å². The van der Waals surface area contributed by atoms with Gasteiger partial charge >= 0.3 is 0 Å². The minimum atomic E-state index is -3.70. The van der Waals surface area contributed by atoms with Crippen LogP contribution in [0.5, 0.6) is 0 Å². The molecular weight excluding hydrogens is 512 g/mol. The fourth-order valence-corrected chi connectivity index (χ4v) is 7.80. The summed E-state index contributed by atoms with van der Waals surface area (Å²) >= 11 is 1.45. The molecule has 4 rings (SSSR count). The number of sulfonamides is 1. The molecular formula is C26H36N4O5S2. The number of carbonyl (C=O) groups is 2. The van der Waals surface area contributed by atoms with Crippen LogP contribution in [0.25, 0.3) is 0 Å². The average molecular weight is 549 g/mol. The summed E-state index contributed by atoms with van der Waals surface area (Å²) in [5, 5.41) is 3.48. The van der Waals surface area contributed by atoms with Gasteiger partial charge in [-0.15, -0.1) is 11.3 Å². The van der Waals surface area contributed by atoms with E-state index in [0.29, 0.717) is 16.1 Å². The Kier molecular flexibility index (Phi) is 8.39. The van der Waals surface area contributed by atoms with Crippen LogP contribution >= 0.6 is 11.3 Å². The van der Waals surface area contributed by atoms with Gasteiger partial charge in [0.1, 0.15) is 5.00 Å². The Hall–Kier alpha value is -2.31. The zero-order chi connectivity index (χ0) is 26.9. The number of morpholine rings is 1. The average Bonchev–Trinajstić information content (AvgIpc) is 3.20. The largest absolute Gasteiger partial charge is 0.373 e. The van der Waals surface area contributed by atoms with Crippen LogP contribution in [0, 0.1) is 0 Å². The Morgan fingerprint density at radius 3 is 2.38 bits per heavy atom. The molecule has 202 valence electrons. The van der Waals surface area contributed by atoms with Crippen molar-refractivity contribution < 1.29 is 22.7 Å². The minimum Gasteiger partial charge on any atom is -0.373 e. The second-order valence-electron chi connectivity index (χ2n) is 9.99. The first-order valence-electron chi connectivity index (χ1n) is 12.7. The number of thiophene rings is 1. The van der Waals surface area contributed by atoms with Gasteiger partial charge in [-0.3, -0.25) is 14.5 Å². The van der Waals surface area contributed by atoms with E-state index in [4.69, 9.17) is 4.74 Å². The van der Waals surface area contributed by atoms with Crippen LogP contribution in [0.15, 0.2) is 29.2 Å². The molecule has 1 N–H and O–H groups in total. The van der Waals surface area contributed by atoms with Crippen molar-refractivity contribution in [3.05, 3.63) is 45.8 Å². The van der Waals surface area contributed by atoms with E-state index in [1.165, 1.54) is 44.8 Å². The van der Waals surface area contributed by atoms with E-state index in [2.05, 4.69) is 17.1 Å². The van der Waals surface area contributed by atoms with Gasteiger partial charge in [-0.25, -0.2) is 8.42 Å². The van der Waals surface area contributed by atoms with E-state index in [1.807, 2.05) is 13.8 Å².